The Morgan fingerprint density at radius 3 is 2.33 bits per heavy atom. The van der Waals surface area contributed by atoms with Crippen molar-refractivity contribution in [2.24, 2.45) is 0 Å². The lowest BCUT2D eigenvalue weighted by atomic mass is 10.1. The third kappa shape index (κ3) is 5.74. The van der Waals surface area contributed by atoms with Gasteiger partial charge in [-0.2, -0.15) is 0 Å². The zero-order valence-corrected chi connectivity index (χ0v) is 16.0. The maximum atomic E-state index is 12.4. The summed E-state index contributed by atoms with van der Waals surface area (Å²) in [6.45, 7) is 5.57. The van der Waals surface area contributed by atoms with Gasteiger partial charge < -0.3 is 18.9 Å². The van der Waals surface area contributed by atoms with Crippen molar-refractivity contribution in [3.8, 4) is 17.2 Å². The lowest BCUT2D eigenvalue weighted by Crippen LogP contribution is -2.27. The summed E-state index contributed by atoms with van der Waals surface area (Å²) in [5.74, 6) is 0.717. The summed E-state index contributed by atoms with van der Waals surface area (Å²) in [7, 11) is 1.53. The fraction of sp³-hybridized carbons (Fsp3) is 0.333. The van der Waals surface area contributed by atoms with Gasteiger partial charge in [0.2, 0.25) is 5.78 Å². The fourth-order valence-corrected chi connectivity index (χ4v) is 2.43. The highest BCUT2D eigenvalue weighted by molar-refractivity contribution is 6.00. The van der Waals surface area contributed by atoms with Crippen LogP contribution < -0.4 is 14.2 Å². The Bertz CT molecular complexity index is 782. The van der Waals surface area contributed by atoms with E-state index in [-0.39, 0.29) is 12.4 Å². The molecule has 6 heteroatoms. The molecule has 2 aromatic carbocycles. The van der Waals surface area contributed by atoms with Crippen LogP contribution in [0.2, 0.25) is 0 Å². The van der Waals surface area contributed by atoms with E-state index in [0.29, 0.717) is 29.4 Å². The zero-order valence-electron chi connectivity index (χ0n) is 16.0. The van der Waals surface area contributed by atoms with Crippen LogP contribution in [0.25, 0.3) is 0 Å². The van der Waals surface area contributed by atoms with Gasteiger partial charge in [-0.05, 0) is 62.7 Å². The first-order valence-corrected chi connectivity index (χ1v) is 8.68. The molecule has 0 saturated heterocycles. The lowest BCUT2D eigenvalue weighted by Gasteiger charge is -2.14. The van der Waals surface area contributed by atoms with Crippen LogP contribution in [-0.4, -0.2) is 38.2 Å². The van der Waals surface area contributed by atoms with Gasteiger partial charge >= 0.3 is 5.97 Å². The molecular weight excluding hydrogens is 348 g/mol. The monoisotopic (exact) mass is 372 g/mol. The highest BCUT2D eigenvalue weighted by Gasteiger charge is 2.20. The van der Waals surface area contributed by atoms with Gasteiger partial charge in [-0.1, -0.05) is 6.07 Å². The molecule has 0 saturated carbocycles. The number of ether oxygens (including phenoxy) is 4. The molecule has 0 heterocycles. The van der Waals surface area contributed by atoms with Crippen LogP contribution in [0.3, 0.4) is 0 Å². The summed E-state index contributed by atoms with van der Waals surface area (Å²) in [4.78, 5) is 24.4. The number of hydrogen-bond donors (Lipinski definition) is 0. The van der Waals surface area contributed by atoms with Gasteiger partial charge in [-0.15, -0.1) is 0 Å². The molecule has 0 N–H and O–H groups in total. The van der Waals surface area contributed by atoms with Crippen LogP contribution in [-0.2, 0) is 9.53 Å². The Morgan fingerprint density at radius 1 is 1.00 bits per heavy atom. The van der Waals surface area contributed by atoms with Crippen LogP contribution in [0, 0.1) is 6.92 Å². The molecule has 0 radical (unpaired) electrons. The van der Waals surface area contributed by atoms with Crippen molar-refractivity contribution in [3.05, 3.63) is 53.6 Å². The number of Topliss-reactive ketones (excluding diaryl/α,β-unsaturated/α-hetero) is 1. The number of ketones is 1. The minimum absolute atomic E-state index is 0.292. The van der Waals surface area contributed by atoms with E-state index in [2.05, 4.69) is 0 Å². The Kier molecular flexibility index (Phi) is 7.23. The van der Waals surface area contributed by atoms with E-state index in [9.17, 15) is 9.59 Å². The second kappa shape index (κ2) is 9.62. The molecule has 0 aliphatic rings. The molecule has 0 aromatic heterocycles. The Balaban J connectivity index is 1.90. The molecule has 0 amide bonds. The van der Waals surface area contributed by atoms with Gasteiger partial charge in [0, 0.05) is 5.56 Å². The van der Waals surface area contributed by atoms with Crippen LogP contribution in [0.4, 0.5) is 0 Å². The maximum absolute atomic E-state index is 12.4. The topological polar surface area (TPSA) is 71.1 Å². The van der Waals surface area contributed by atoms with E-state index in [1.807, 2.05) is 19.9 Å². The average molecular weight is 372 g/mol. The Hall–Kier alpha value is -3.02. The van der Waals surface area contributed by atoms with Crippen molar-refractivity contribution in [2.45, 2.75) is 26.9 Å². The summed E-state index contributed by atoms with van der Waals surface area (Å²) in [6, 6.07) is 12.1. The van der Waals surface area contributed by atoms with Crippen molar-refractivity contribution in [1.82, 2.24) is 0 Å². The molecule has 1 atom stereocenters. The number of benzene rings is 2. The Morgan fingerprint density at radius 2 is 1.70 bits per heavy atom. The number of hydrogen-bond acceptors (Lipinski definition) is 6. The number of methoxy groups -OCH3 is 1. The summed E-state index contributed by atoms with van der Waals surface area (Å²) >= 11 is 0. The quantitative estimate of drug-likeness (QED) is 0.495. The number of aryl methyl sites for hydroxylation is 1. The van der Waals surface area contributed by atoms with E-state index in [1.165, 1.54) is 14.0 Å². The van der Waals surface area contributed by atoms with Gasteiger partial charge in [0.05, 0.1) is 13.7 Å². The minimum atomic E-state index is -0.918. The summed E-state index contributed by atoms with van der Waals surface area (Å²) < 4.78 is 21.2. The highest BCUT2D eigenvalue weighted by Crippen LogP contribution is 2.27. The second-order valence-electron chi connectivity index (χ2n) is 5.90. The van der Waals surface area contributed by atoms with Gasteiger partial charge in [-0.25, -0.2) is 4.79 Å². The van der Waals surface area contributed by atoms with Crippen molar-refractivity contribution < 1.29 is 28.5 Å². The third-order valence-electron chi connectivity index (χ3n) is 3.79. The van der Waals surface area contributed by atoms with Crippen LogP contribution >= 0.6 is 0 Å². The summed E-state index contributed by atoms with van der Waals surface area (Å²) in [5, 5.41) is 0. The minimum Gasteiger partial charge on any atom is -0.494 e. The number of carbonyl (C=O) groups excluding carboxylic acids is 2. The van der Waals surface area contributed by atoms with E-state index < -0.39 is 12.1 Å². The predicted molar refractivity (Wildman–Crippen MR) is 101 cm³/mol. The third-order valence-corrected chi connectivity index (χ3v) is 3.79. The van der Waals surface area contributed by atoms with E-state index in [0.717, 1.165) is 5.56 Å². The van der Waals surface area contributed by atoms with Crippen LogP contribution in [0.15, 0.2) is 42.5 Å². The molecule has 144 valence electrons. The number of rotatable bonds is 9. The molecule has 0 fully saturated rings. The number of carbonyl (C=O) groups is 2. The smallest absolute Gasteiger partial charge is 0.344 e. The zero-order chi connectivity index (χ0) is 19.8. The molecule has 27 heavy (non-hydrogen) atoms. The van der Waals surface area contributed by atoms with Crippen molar-refractivity contribution in [3.63, 3.8) is 0 Å². The predicted octanol–water partition coefficient (Wildman–Crippen LogP) is 3.60. The molecule has 0 spiro atoms. The Labute approximate surface area is 159 Å². The largest absolute Gasteiger partial charge is 0.494 e. The van der Waals surface area contributed by atoms with Crippen molar-refractivity contribution in [2.75, 3.05) is 20.3 Å². The molecule has 0 bridgehead atoms. The van der Waals surface area contributed by atoms with Crippen molar-refractivity contribution >= 4 is 11.8 Å². The van der Waals surface area contributed by atoms with Gasteiger partial charge in [0.25, 0.3) is 0 Å². The standard InChI is InChI=1S/C21H24O6/c1-5-25-17-9-7-16(8-10-17)21(23)15(3)27-20(22)13-26-18-11-6-14(2)12-19(18)24-4/h6-12,15H,5,13H2,1-4H3. The first kappa shape index (κ1) is 20.3. The SMILES string of the molecule is CCOc1ccc(C(=O)C(C)OC(=O)COc2ccc(C)cc2OC)cc1. The van der Waals surface area contributed by atoms with Gasteiger partial charge in [0.15, 0.2) is 24.2 Å². The summed E-state index contributed by atoms with van der Waals surface area (Å²) in [5.41, 5.74) is 1.45. The average Bonchev–Trinajstić information content (AvgIpc) is 2.67. The maximum Gasteiger partial charge on any atom is 0.344 e. The van der Waals surface area contributed by atoms with Crippen LogP contribution in [0.5, 0.6) is 17.2 Å². The van der Waals surface area contributed by atoms with E-state index in [4.69, 9.17) is 18.9 Å². The number of esters is 1. The summed E-state index contributed by atoms with van der Waals surface area (Å²) in [6.07, 6.45) is -0.918. The highest BCUT2D eigenvalue weighted by atomic mass is 16.6. The first-order chi connectivity index (χ1) is 12.9. The molecule has 1 unspecified atom stereocenters. The molecule has 2 aromatic rings. The van der Waals surface area contributed by atoms with Crippen LogP contribution in [0.1, 0.15) is 29.8 Å². The lowest BCUT2D eigenvalue weighted by molar-refractivity contribution is -0.148. The first-order valence-electron chi connectivity index (χ1n) is 8.68. The van der Waals surface area contributed by atoms with E-state index >= 15 is 0 Å². The second-order valence-corrected chi connectivity index (χ2v) is 5.90. The molecular formula is C21H24O6. The molecule has 2 rings (SSSR count). The van der Waals surface area contributed by atoms with Gasteiger partial charge in [-0.3, -0.25) is 4.79 Å². The fourth-order valence-electron chi connectivity index (χ4n) is 2.43. The van der Waals surface area contributed by atoms with Crippen molar-refractivity contribution in [1.29, 1.82) is 0 Å². The van der Waals surface area contributed by atoms with E-state index in [1.54, 1.807) is 36.4 Å². The normalized spacial score (nSPS) is 11.4. The molecule has 6 nitrogen and oxygen atoms in total. The molecule has 0 aliphatic carbocycles. The molecule has 0 aliphatic heterocycles. The van der Waals surface area contributed by atoms with Gasteiger partial charge in [0.1, 0.15) is 5.75 Å².